The van der Waals surface area contributed by atoms with Gasteiger partial charge in [-0.1, -0.05) is 44.0 Å². The Bertz CT molecular complexity index is 1130. The van der Waals surface area contributed by atoms with Crippen LogP contribution in [-0.2, 0) is 0 Å². The molecular weight excluding hydrogens is 444 g/mol. The predicted octanol–water partition coefficient (Wildman–Crippen LogP) is 6.23. The zero-order chi connectivity index (χ0) is 17.0. The number of imidazole rings is 1. The minimum Gasteiger partial charge on any atom is -0.360 e. The fourth-order valence-corrected chi connectivity index (χ4v) is 3.93. The van der Waals surface area contributed by atoms with Crippen LogP contribution >= 0.6 is 31.9 Å². The summed E-state index contributed by atoms with van der Waals surface area (Å²) in [5, 5.41) is 2.31. The second-order valence-corrected chi connectivity index (χ2v) is 7.76. The van der Waals surface area contributed by atoms with Gasteiger partial charge in [-0.2, -0.15) is 0 Å². The third-order valence-electron chi connectivity index (χ3n) is 4.41. The fraction of sp³-hybridized carbons (Fsp3) is 0. The van der Waals surface area contributed by atoms with Crippen LogP contribution in [0.2, 0.25) is 0 Å². The first-order valence-corrected chi connectivity index (χ1v) is 9.37. The van der Waals surface area contributed by atoms with E-state index in [4.69, 9.17) is 0 Å². The van der Waals surface area contributed by atoms with E-state index in [0.29, 0.717) is 0 Å². The largest absolute Gasteiger partial charge is 0.360 e. The van der Waals surface area contributed by atoms with Gasteiger partial charge in [0.2, 0.25) is 0 Å². The van der Waals surface area contributed by atoms with Crippen molar-refractivity contribution in [3.63, 3.8) is 0 Å². The average Bonchev–Trinajstić information content (AvgIpc) is 3.30. The molecule has 0 saturated carbocycles. The van der Waals surface area contributed by atoms with Crippen LogP contribution in [0.25, 0.3) is 44.5 Å². The highest BCUT2D eigenvalue weighted by molar-refractivity contribution is 9.10. The minimum atomic E-state index is 0.857. The summed E-state index contributed by atoms with van der Waals surface area (Å²) >= 11 is 7.02. The summed E-state index contributed by atoms with van der Waals surface area (Å²) in [6.45, 7) is 0. The van der Waals surface area contributed by atoms with Crippen molar-refractivity contribution in [2.45, 2.75) is 0 Å². The van der Waals surface area contributed by atoms with E-state index in [9.17, 15) is 0 Å². The van der Waals surface area contributed by atoms with Crippen molar-refractivity contribution in [1.82, 2.24) is 19.9 Å². The lowest BCUT2D eigenvalue weighted by molar-refractivity contribution is 1.31. The van der Waals surface area contributed by atoms with Crippen molar-refractivity contribution in [2.75, 3.05) is 0 Å². The summed E-state index contributed by atoms with van der Waals surface area (Å²) < 4.78 is 2.11. The Kier molecular flexibility index (Phi) is 3.36. The molecule has 0 radical (unpaired) electrons. The van der Waals surface area contributed by atoms with Gasteiger partial charge in [-0.3, -0.25) is 0 Å². The van der Waals surface area contributed by atoms with Gasteiger partial charge >= 0.3 is 0 Å². The fourth-order valence-electron chi connectivity index (χ4n) is 3.21. The van der Waals surface area contributed by atoms with E-state index in [1.807, 2.05) is 24.7 Å². The van der Waals surface area contributed by atoms with Crippen LogP contribution in [0.5, 0.6) is 0 Å². The van der Waals surface area contributed by atoms with E-state index in [0.717, 1.165) is 48.0 Å². The lowest BCUT2D eigenvalue weighted by Crippen LogP contribution is -1.79. The van der Waals surface area contributed by atoms with Gasteiger partial charge in [-0.25, -0.2) is 4.98 Å². The normalized spacial score (nSPS) is 11.6. The number of aromatic amines is 3. The zero-order valence-electron chi connectivity index (χ0n) is 12.9. The molecule has 0 atom stereocenters. The molecule has 0 aliphatic heterocycles. The Balaban J connectivity index is 1.62. The molecule has 0 saturated heterocycles. The summed E-state index contributed by atoms with van der Waals surface area (Å²) in [5.41, 5.74) is 5.35. The van der Waals surface area contributed by atoms with Crippen molar-refractivity contribution in [2.24, 2.45) is 0 Å². The van der Waals surface area contributed by atoms with Crippen LogP contribution < -0.4 is 0 Å². The molecule has 0 spiro atoms. The van der Waals surface area contributed by atoms with Crippen molar-refractivity contribution >= 4 is 53.7 Å². The van der Waals surface area contributed by atoms with Crippen LogP contribution in [-0.4, -0.2) is 19.9 Å². The predicted molar refractivity (Wildman–Crippen MR) is 109 cm³/mol. The van der Waals surface area contributed by atoms with Crippen LogP contribution in [0.1, 0.15) is 0 Å². The first-order valence-electron chi connectivity index (χ1n) is 7.78. The van der Waals surface area contributed by atoms with Gasteiger partial charge in [0.05, 0.1) is 11.9 Å². The molecule has 25 heavy (non-hydrogen) atoms. The van der Waals surface area contributed by atoms with Gasteiger partial charge < -0.3 is 15.0 Å². The maximum absolute atomic E-state index is 4.60. The number of nitrogens with one attached hydrogen (secondary N) is 3. The molecule has 0 unspecified atom stereocenters. The summed E-state index contributed by atoms with van der Waals surface area (Å²) in [5.74, 6) is 0.857. The average molecular weight is 456 g/mol. The maximum Gasteiger partial charge on any atom is 0.139 e. The summed E-state index contributed by atoms with van der Waals surface area (Å²) in [6.07, 6.45) is 5.89. The number of nitrogens with zero attached hydrogens (tertiary/aromatic N) is 1. The van der Waals surface area contributed by atoms with E-state index in [1.54, 1.807) is 0 Å². The maximum atomic E-state index is 4.60. The van der Waals surface area contributed by atoms with Crippen LogP contribution in [0.15, 0.2) is 63.9 Å². The molecule has 3 heterocycles. The number of hydrogen-bond donors (Lipinski definition) is 3. The topological polar surface area (TPSA) is 60.3 Å². The van der Waals surface area contributed by atoms with E-state index in [-0.39, 0.29) is 0 Å². The smallest absolute Gasteiger partial charge is 0.139 e. The van der Waals surface area contributed by atoms with Crippen LogP contribution in [0, 0.1) is 0 Å². The highest BCUT2D eigenvalue weighted by Crippen LogP contribution is 2.33. The van der Waals surface area contributed by atoms with E-state index >= 15 is 0 Å². The first kappa shape index (κ1) is 15.0. The monoisotopic (exact) mass is 454 g/mol. The highest BCUT2D eigenvalue weighted by atomic mass is 79.9. The second-order valence-electron chi connectivity index (χ2n) is 5.93. The van der Waals surface area contributed by atoms with Crippen molar-refractivity contribution in [3.8, 4) is 22.6 Å². The minimum absolute atomic E-state index is 0.857. The molecule has 3 N–H and O–H groups in total. The first-order chi connectivity index (χ1) is 12.2. The molecule has 6 heteroatoms. The van der Waals surface area contributed by atoms with Crippen molar-refractivity contribution in [3.05, 3.63) is 63.9 Å². The second kappa shape index (κ2) is 5.61. The number of benzene rings is 2. The number of H-pyrrole nitrogens is 3. The molecule has 2 aromatic carbocycles. The zero-order valence-corrected chi connectivity index (χ0v) is 16.1. The lowest BCUT2D eigenvalue weighted by Gasteiger charge is -1.97. The molecule has 3 aromatic heterocycles. The molecule has 0 bridgehead atoms. The van der Waals surface area contributed by atoms with Gasteiger partial charge in [-0.05, 0) is 24.3 Å². The van der Waals surface area contributed by atoms with Crippen LogP contribution in [0.4, 0.5) is 0 Å². The molecule has 0 fully saturated rings. The quantitative estimate of drug-likeness (QED) is 0.290. The summed E-state index contributed by atoms with van der Waals surface area (Å²) in [6, 6.07) is 12.4. The van der Waals surface area contributed by atoms with Gasteiger partial charge in [-0.15, -0.1) is 0 Å². The SMILES string of the molecule is Brc1ccc2c(-c3cnc(-c4c[nH]c5cc(Br)ccc45)[nH]3)c[nH]c2c1. The standard InChI is InChI=1S/C19H12Br2N4/c20-10-1-3-12-14(7-22-16(12)5-10)18-9-24-19(25-18)15-8-23-17-6-11(21)2-4-13(15)17/h1-9,22-23H,(H,24,25). The number of fused-ring (bicyclic) bond motifs is 2. The number of aromatic nitrogens is 4. The van der Waals surface area contributed by atoms with Gasteiger partial charge in [0.1, 0.15) is 5.82 Å². The molecule has 5 rings (SSSR count). The Morgan fingerprint density at radius 1 is 0.760 bits per heavy atom. The van der Waals surface area contributed by atoms with Crippen LogP contribution in [0.3, 0.4) is 0 Å². The molecule has 0 aliphatic carbocycles. The molecule has 0 amide bonds. The molecule has 5 aromatic rings. The van der Waals surface area contributed by atoms with Gasteiger partial charge in [0, 0.05) is 54.3 Å². The molecular formula is C19H12Br2N4. The summed E-state index contributed by atoms with van der Waals surface area (Å²) in [4.78, 5) is 14.7. The summed E-state index contributed by atoms with van der Waals surface area (Å²) in [7, 11) is 0. The Morgan fingerprint density at radius 3 is 2.04 bits per heavy atom. The Morgan fingerprint density at radius 2 is 1.36 bits per heavy atom. The molecule has 4 nitrogen and oxygen atoms in total. The van der Waals surface area contributed by atoms with E-state index in [1.165, 1.54) is 5.39 Å². The Hall–Kier alpha value is -2.31. The van der Waals surface area contributed by atoms with Gasteiger partial charge in [0.25, 0.3) is 0 Å². The third kappa shape index (κ3) is 2.44. The Labute approximate surface area is 159 Å². The van der Waals surface area contributed by atoms with Crippen molar-refractivity contribution in [1.29, 1.82) is 0 Å². The number of rotatable bonds is 2. The molecule has 122 valence electrons. The molecule has 0 aliphatic rings. The lowest BCUT2D eigenvalue weighted by atomic mass is 10.1. The van der Waals surface area contributed by atoms with E-state index < -0.39 is 0 Å². The van der Waals surface area contributed by atoms with E-state index in [2.05, 4.69) is 82.1 Å². The van der Waals surface area contributed by atoms with Crippen molar-refractivity contribution < 1.29 is 0 Å². The van der Waals surface area contributed by atoms with Gasteiger partial charge in [0.15, 0.2) is 0 Å². The number of hydrogen-bond acceptors (Lipinski definition) is 1. The third-order valence-corrected chi connectivity index (χ3v) is 5.40. The number of halogens is 2. The highest BCUT2D eigenvalue weighted by Gasteiger charge is 2.13.